The highest BCUT2D eigenvalue weighted by Crippen LogP contribution is 2.35. The average Bonchev–Trinajstić information content (AvgIpc) is 3.60. The lowest BCUT2D eigenvalue weighted by Gasteiger charge is -2.14. The van der Waals surface area contributed by atoms with Crippen molar-refractivity contribution < 1.29 is 9.53 Å². The van der Waals surface area contributed by atoms with E-state index >= 15 is 0 Å². The van der Waals surface area contributed by atoms with E-state index in [2.05, 4.69) is 15.5 Å². The summed E-state index contributed by atoms with van der Waals surface area (Å²) in [5, 5.41) is 13.0. The van der Waals surface area contributed by atoms with E-state index in [-0.39, 0.29) is 24.1 Å². The molecule has 180 valence electrons. The van der Waals surface area contributed by atoms with Gasteiger partial charge < -0.3 is 4.74 Å². The van der Waals surface area contributed by atoms with Crippen molar-refractivity contribution in [1.29, 1.82) is 0 Å². The zero-order chi connectivity index (χ0) is 23.9. The van der Waals surface area contributed by atoms with Crippen LogP contribution in [-0.2, 0) is 28.9 Å². The quantitative estimate of drug-likeness (QED) is 0.422. The van der Waals surface area contributed by atoms with Crippen molar-refractivity contribution in [1.82, 2.24) is 19.7 Å². The molecule has 1 aliphatic carbocycles. The smallest absolute Gasteiger partial charge is 0.263 e. The third kappa shape index (κ3) is 4.30. The maximum absolute atomic E-state index is 13.8. The Morgan fingerprint density at radius 2 is 2.09 bits per heavy atom. The Morgan fingerprint density at radius 1 is 1.20 bits per heavy atom. The molecule has 4 aromatic rings. The number of thiophene rings is 1. The first-order chi connectivity index (χ1) is 17.1. The number of benzene rings is 1. The summed E-state index contributed by atoms with van der Waals surface area (Å²) in [6.45, 7) is 2.57. The molecule has 0 saturated carbocycles. The van der Waals surface area contributed by atoms with Gasteiger partial charge in [-0.1, -0.05) is 35.1 Å². The van der Waals surface area contributed by atoms with Crippen LogP contribution in [0.2, 0.25) is 0 Å². The molecule has 8 nitrogen and oxygen atoms in total. The molecule has 1 aromatic carbocycles. The summed E-state index contributed by atoms with van der Waals surface area (Å²) < 4.78 is 7.17. The van der Waals surface area contributed by atoms with Crippen molar-refractivity contribution in [2.24, 2.45) is 0 Å². The van der Waals surface area contributed by atoms with Crippen molar-refractivity contribution in [2.45, 2.75) is 58.1 Å². The zero-order valence-corrected chi connectivity index (χ0v) is 21.0. The monoisotopic (exact) mass is 507 g/mol. The average molecular weight is 508 g/mol. The predicted octanol–water partition coefficient (Wildman–Crippen LogP) is 4.65. The van der Waals surface area contributed by atoms with Gasteiger partial charge in [-0.25, -0.2) is 4.98 Å². The fourth-order valence-corrected chi connectivity index (χ4v) is 6.98. The molecule has 1 unspecified atom stereocenters. The van der Waals surface area contributed by atoms with Crippen LogP contribution in [0.1, 0.15) is 52.8 Å². The van der Waals surface area contributed by atoms with Crippen molar-refractivity contribution in [3.63, 3.8) is 0 Å². The Labute approximate surface area is 210 Å². The van der Waals surface area contributed by atoms with E-state index in [0.717, 1.165) is 71.7 Å². The van der Waals surface area contributed by atoms with Gasteiger partial charge in [0.2, 0.25) is 11.0 Å². The van der Waals surface area contributed by atoms with Gasteiger partial charge in [0.25, 0.3) is 5.56 Å². The molecule has 2 aliphatic rings. The SMILES string of the molecule is Cc1cccc(-c2nc3sc4c(c3c(=O)n2CC(=O)Nc2nnc(C3CCCO3)s2)CCCC4)c1. The summed E-state index contributed by atoms with van der Waals surface area (Å²) in [6.07, 6.45) is 5.94. The fraction of sp³-hybridized carbons (Fsp3) is 0.400. The van der Waals surface area contributed by atoms with E-state index in [1.165, 1.54) is 20.8 Å². The number of rotatable bonds is 5. The molecule has 6 rings (SSSR count). The van der Waals surface area contributed by atoms with Gasteiger partial charge in [-0.05, 0) is 57.1 Å². The number of hydrogen-bond donors (Lipinski definition) is 1. The van der Waals surface area contributed by atoms with Crippen LogP contribution in [0.25, 0.3) is 21.6 Å². The Hall–Kier alpha value is -2.95. The molecule has 0 spiro atoms. The molecule has 35 heavy (non-hydrogen) atoms. The van der Waals surface area contributed by atoms with E-state index in [1.807, 2.05) is 31.2 Å². The Kier molecular flexibility index (Phi) is 5.95. The Morgan fingerprint density at radius 3 is 2.91 bits per heavy atom. The van der Waals surface area contributed by atoms with Crippen LogP contribution in [-0.4, -0.2) is 32.3 Å². The lowest BCUT2D eigenvalue weighted by molar-refractivity contribution is -0.116. The topological polar surface area (TPSA) is 99.0 Å². The molecule has 1 saturated heterocycles. The van der Waals surface area contributed by atoms with Gasteiger partial charge in [0, 0.05) is 17.0 Å². The Bertz CT molecular complexity index is 1480. The summed E-state index contributed by atoms with van der Waals surface area (Å²) in [4.78, 5) is 33.9. The number of nitrogens with one attached hydrogen (secondary N) is 1. The normalized spacial score (nSPS) is 17.6. The molecule has 3 aromatic heterocycles. The third-order valence-corrected chi connectivity index (χ3v) is 8.66. The van der Waals surface area contributed by atoms with E-state index in [0.29, 0.717) is 16.3 Å². The second-order valence-electron chi connectivity index (χ2n) is 9.08. The summed E-state index contributed by atoms with van der Waals surface area (Å²) in [5.41, 5.74) is 2.84. The summed E-state index contributed by atoms with van der Waals surface area (Å²) in [6, 6.07) is 7.87. The van der Waals surface area contributed by atoms with E-state index in [9.17, 15) is 9.59 Å². The maximum Gasteiger partial charge on any atom is 0.263 e. The molecule has 1 aliphatic heterocycles. The number of aromatic nitrogens is 4. The van der Waals surface area contributed by atoms with Crippen molar-refractivity contribution >= 4 is 43.9 Å². The van der Waals surface area contributed by atoms with Crippen LogP contribution >= 0.6 is 22.7 Å². The standard InChI is InChI=1S/C25H25N5O3S2/c1-14-6-4-7-15(12-14)21-27-23-20(16-8-2-3-10-18(16)34-23)24(32)30(21)13-19(31)26-25-29-28-22(35-25)17-9-5-11-33-17/h4,6-7,12,17H,2-3,5,8-11,13H2,1H3,(H,26,29,31). The molecule has 1 amide bonds. The maximum atomic E-state index is 13.8. The van der Waals surface area contributed by atoms with Crippen LogP contribution < -0.4 is 10.9 Å². The summed E-state index contributed by atoms with van der Waals surface area (Å²) in [7, 11) is 0. The van der Waals surface area contributed by atoms with Gasteiger partial charge in [0.1, 0.15) is 28.3 Å². The number of carbonyl (C=O) groups is 1. The first-order valence-electron chi connectivity index (χ1n) is 11.9. The van der Waals surface area contributed by atoms with E-state index in [4.69, 9.17) is 9.72 Å². The zero-order valence-electron chi connectivity index (χ0n) is 19.4. The van der Waals surface area contributed by atoms with Gasteiger partial charge in [-0.2, -0.15) is 0 Å². The number of nitrogens with zero attached hydrogens (tertiary/aromatic N) is 4. The van der Waals surface area contributed by atoms with Gasteiger partial charge in [0.15, 0.2) is 0 Å². The minimum absolute atomic E-state index is 0.0509. The second kappa shape index (κ2) is 9.25. The molecular weight excluding hydrogens is 482 g/mol. The number of carbonyl (C=O) groups excluding carboxylic acids is 1. The van der Waals surface area contributed by atoms with E-state index in [1.54, 1.807) is 11.3 Å². The van der Waals surface area contributed by atoms with Gasteiger partial charge in [-0.3, -0.25) is 19.5 Å². The van der Waals surface area contributed by atoms with Gasteiger partial charge >= 0.3 is 0 Å². The van der Waals surface area contributed by atoms with Crippen molar-refractivity contribution in [2.75, 3.05) is 11.9 Å². The fourth-order valence-electron chi connectivity index (χ4n) is 4.88. The lowest BCUT2D eigenvalue weighted by Crippen LogP contribution is -2.30. The molecular formula is C25H25N5O3S2. The third-order valence-electron chi connectivity index (χ3n) is 6.54. The molecule has 10 heteroatoms. The number of fused-ring (bicyclic) bond motifs is 3. The number of anilines is 1. The number of amides is 1. The highest BCUT2D eigenvalue weighted by molar-refractivity contribution is 7.18. The molecule has 0 radical (unpaired) electrons. The van der Waals surface area contributed by atoms with Crippen LogP contribution in [0.5, 0.6) is 0 Å². The van der Waals surface area contributed by atoms with Crippen LogP contribution in [0.3, 0.4) is 0 Å². The number of hydrogen-bond acceptors (Lipinski definition) is 8. The Balaban J connectivity index is 1.37. The molecule has 1 fully saturated rings. The minimum Gasteiger partial charge on any atom is -0.371 e. The largest absolute Gasteiger partial charge is 0.371 e. The molecule has 0 bridgehead atoms. The number of aryl methyl sites for hydroxylation is 3. The van der Waals surface area contributed by atoms with Crippen molar-refractivity contribution in [3.8, 4) is 11.4 Å². The lowest BCUT2D eigenvalue weighted by atomic mass is 9.97. The van der Waals surface area contributed by atoms with Crippen LogP contribution in [0.15, 0.2) is 29.1 Å². The minimum atomic E-state index is -0.332. The van der Waals surface area contributed by atoms with Gasteiger partial charge in [-0.15, -0.1) is 21.5 Å². The summed E-state index contributed by atoms with van der Waals surface area (Å²) >= 11 is 2.94. The number of ether oxygens (including phenoxy) is 1. The first-order valence-corrected chi connectivity index (χ1v) is 13.6. The molecule has 1 atom stereocenters. The first kappa shape index (κ1) is 22.5. The highest BCUT2D eigenvalue weighted by Gasteiger charge is 2.25. The van der Waals surface area contributed by atoms with Crippen molar-refractivity contribution in [3.05, 3.63) is 55.6 Å². The predicted molar refractivity (Wildman–Crippen MR) is 137 cm³/mol. The van der Waals surface area contributed by atoms with E-state index < -0.39 is 0 Å². The summed E-state index contributed by atoms with van der Waals surface area (Å²) in [5.74, 6) is 0.179. The van der Waals surface area contributed by atoms with Gasteiger partial charge in [0.05, 0.1) is 5.39 Å². The second-order valence-corrected chi connectivity index (χ2v) is 11.2. The van der Waals surface area contributed by atoms with Crippen LogP contribution in [0.4, 0.5) is 5.13 Å². The highest BCUT2D eigenvalue weighted by atomic mass is 32.1. The molecule has 4 heterocycles. The molecule has 1 N–H and O–H groups in total. The van der Waals surface area contributed by atoms with Crippen LogP contribution in [0, 0.1) is 6.92 Å².